The lowest BCUT2D eigenvalue weighted by atomic mass is 9.82. The van der Waals surface area contributed by atoms with Crippen LogP contribution >= 0.6 is 0 Å². The third-order valence-corrected chi connectivity index (χ3v) is 12.9. The van der Waals surface area contributed by atoms with E-state index in [9.17, 15) is 0 Å². The van der Waals surface area contributed by atoms with Gasteiger partial charge in [0.25, 0.3) is 0 Å². The topological polar surface area (TPSA) is 61.0 Å². The van der Waals surface area contributed by atoms with Crippen molar-refractivity contribution in [2.75, 3.05) is 18.1 Å². The predicted molar refractivity (Wildman–Crippen MR) is 223 cm³/mol. The van der Waals surface area contributed by atoms with Gasteiger partial charge in [-0.2, -0.15) is 0 Å². The van der Waals surface area contributed by atoms with Crippen LogP contribution in [0, 0.1) is 0 Å². The second-order valence-corrected chi connectivity index (χ2v) is 15.7. The number of aromatic nitrogens is 5. The number of hydrogen-bond acceptors (Lipinski definition) is 5. The fourth-order valence-electron chi connectivity index (χ4n) is 10.6. The number of nitrogens with zero attached hydrogens (tertiary/aromatic N) is 6. The molecule has 0 N–H and O–H groups in total. The minimum atomic E-state index is 0.0842. The van der Waals surface area contributed by atoms with Crippen molar-refractivity contribution in [1.29, 1.82) is 0 Å². The lowest BCUT2D eigenvalue weighted by Gasteiger charge is -2.35. The molecule has 8 aromatic rings. The van der Waals surface area contributed by atoms with Gasteiger partial charge in [-0.1, -0.05) is 115 Å². The summed E-state index contributed by atoms with van der Waals surface area (Å²) in [6.07, 6.45) is 11.8. The fourth-order valence-corrected chi connectivity index (χ4v) is 10.6. The van der Waals surface area contributed by atoms with Gasteiger partial charge in [0.1, 0.15) is 0 Å². The van der Waals surface area contributed by atoms with E-state index in [2.05, 4.69) is 123 Å². The highest BCUT2D eigenvalue weighted by Gasteiger charge is 2.50. The van der Waals surface area contributed by atoms with Crippen LogP contribution in [-0.4, -0.2) is 43.3 Å². The fraction of sp³-hybridized carbons (Fsp3) is 0.163. The van der Waals surface area contributed by atoms with Gasteiger partial charge in [-0.05, 0) is 54.3 Å². The summed E-state index contributed by atoms with van der Waals surface area (Å²) in [7, 11) is 0. The molecule has 6 heterocycles. The van der Waals surface area contributed by atoms with Crippen LogP contribution < -0.4 is 4.90 Å². The SMILES string of the molecule is C1=Cc2c(c3c4n2C2COCC2n2c5ccccc5c5ccc6c(c52)C4C(C=C3)N6c2cccc(-c3nc(-c4ccccc4)nc(-c4ccccc4)n3)c2)CC1. The van der Waals surface area contributed by atoms with Crippen molar-refractivity contribution < 1.29 is 4.74 Å². The van der Waals surface area contributed by atoms with Gasteiger partial charge in [0.05, 0.1) is 42.8 Å². The van der Waals surface area contributed by atoms with Crippen molar-refractivity contribution in [2.45, 2.75) is 36.9 Å². The zero-order valence-corrected chi connectivity index (χ0v) is 30.6. The predicted octanol–water partition coefficient (Wildman–Crippen LogP) is 10.5. The van der Waals surface area contributed by atoms with Crippen molar-refractivity contribution in [2.24, 2.45) is 0 Å². The normalized spacial score (nSPS) is 21.0. The standard InChI is InChI=1S/C49H36N6O/c1-3-12-29(13-4-1)47-50-48(30-14-5-2-6-15-30)52-49(51-47)31-16-11-17-32(26-31)53-39-24-22-35-33-18-7-9-20-37(33)54-41-27-56-28-42(41)55-38-21-10-8-19-34(38)36-23-25-40(53)44(46(36)55)43(39)45(35)54/h1-7,9-18,20-26,40-42,44H,8,19,27-28H2. The van der Waals surface area contributed by atoms with Crippen molar-refractivity contribution >= 4 is 45.3 Å². The Bertz CT molecular complexity index is 2940. The Labute approximate surface area is 323 Å². The molecule has 268 valence electrons. The maximum Gasteiger partial charge on any atom is 0.164 e. The summed E-state index contributed by atoms with van der Waals surface area (Å²) in [6, 6.07) is 43.5. The highest BCUT2D eigenvalue weighted by Crippen LogP contribution is 2.59. The second-order valence-electron chi connectivity index (χ2n) is 15.7. The van der Waals surface area contributed by atoms with Crippen LogP contribution in [-0.2, 0) is 11.2 Å². The van der Waals surface area contributed by atoms with E-state index >= 15 is 0 Å². The lowest BCUT2D eigenvalue weighted by molar-refractivity contribution is 0.181. The maximum absolute atomic E-state index is 6.46. The monoisotopic (exact) mass is 724 g/mol. The molecule has 3 aromatic heterocycles. The molecule has 4 atom stereocenters. The Kier molecular flexibility index (Phi) is 6.30. The summed E-state index contributed by atoms with van der Waals surface area (Å²) >= 11 is 0. The Morgan fingerprint density at radius 2 is 1.32 bits per heavy atom. The minimum absolute atomic E-state index is 0.0842. The molecule has 1 fully saturated rings. The largest absolute Gasteiger partial charge is 0.377 e. The second kappa shape index (κ2) is 11.5. The van der Waals surface area contributed by atoms with E-state index in [0.717, 1.165) is 35.2 Å². The number of allylic oxidation sites excluding steroid dienone is 1. The average molecular weight is 725 g/mol. The smallest absolute Gasteiger partial charge is 0.164 e. The molecule has 0 bridgehead atoms. The first-order chi connectivity index (χ1) is 27.8. The molecule has 7 heteroatoms. The van der Waals surface area contributed by atoms with Crippen molar-refractivity contribution in [3.63, 3.8) is 0 Å². The van der Waals surface area contributed by atoms with E-state index in [-0.39, 0.29) is 24.0 Å². The molecule has 5 aromatic carbocycles. The molecule has 0 amide bonds. The van der Waals surface area contributed by atoms with E-state index in [4.69, 9.17) is 19.7 Å². The summed E-state index contributed by atoms with van der Waals surface area (Å²) < 4.78 is 11.8. The van der Waals surface area contributed by atoms with Gasteiger partial charge in [-0.15, -0.1) is 0 Å². The summed E-state index contributed by atoms with van der Waals surface area (Å²) in [5, 5.41) is 2.64. The molecule has 56 heavy (non-hydrogen) atoms. The van der Waals surface area contributed by atoms with E-state index in [1.54, 1.807) is 0 Å². The molecule has 0 spiro atoms. The number of benzene rings is 5. The minimum Gasteiger partial charge on any atom is -0.377 e. The first-order valence-corrected chi connectivity index (χ1v) is 19.8. The van der Waals surface area contributed by atoms with Crippen molar-refractivity contribution in [1.82, 2.24) is 24.1 Å². The van der Waals surface area contributed by atoms with E-state index in [1.165, 1.54) is 55.6 Å². The van der Waals surface area contributed by atoms with E-state index in [0.29, 0.717) is 30.7 Å². The van der Waals surface area contributed by atoms with Crippen LogP contribution in [0.1, 0.15) is 52.5 Å². The number of ether oxygens (including phenoxy) is 1. The molecule has 7 nitrogen and oxygen atoms in total. The molecule has 2 aliphatic carbocycles. The number of rotatable bonds is 4. The van der Waals surface area contributed by atoms with Gasteiger partial charge in [0, 0.05) is 61.3 Å². The van der Waals surface area contributed by atoms with Crippen LogP contribution in [0.15, 0.2) is 133 Å². The van der Waals surface area contributed by atoms with Gasteiger partial charge < -0.3 is 18.8 Å². The average Bonchev–Trinajstić information content (AvgIpc) is 4.03. The number of hydrogen-bond donors (Lipinski definition) is 0. The first kappa shape index (κ1) is 30.7. The van der Waals surface area contributed by atoms with Gasteiger partial charge in [-0.25, -0.2) is 15.0 Å². The quantitative estimate of drug-likeness (QED) is 0.181. The van der Waals surface area contributed by atoms with Crippen LogP contribution in [0.25, 0.3) is 68.1 Å². The highest BCUT2D eigenvalue weighted by atomic mass is 16.5. The Hall–Kier alpha value is -6.57. The molecule has 5 aliphatic rings. The van der Waals surface area contributed by atoms with Crippen molar-refractivity contribution in [3.8, 4) is 34.2 Å². The summed E-state index contributed by atoms with van der Waals surface area (Å²) in [5.41, 5.74) is 15.1. The molecule has 4 unspecified atom stereocenters. The zero-order valence-electron chi connectivity index (χ0n) is 30.6. The zero-order chi connectivity index (χ0) is 36.5. The molecule has 0 radical (unpaired) electrons. The van der Waals surface area contributed by atoms with Crippen molar-refractivity contribution in [3.05, 3.63) is 162 Å². The molecule has 13 rings (SSSR count). The summed E-state index contributed by atoms with van der Waals surface area (Å²) in [4.78, 5) is 17.8. The molecule has 1 saturated heterocycles. The molecule has 0 saturated carbocycles. The van der Waals surface area contributed by atoms with Gasteiger partial charge in [0.2, 0.25) is 0 Å². The van der Waals surface area contributed by atoms with Crippen LogP contribution in [0.3, 0.4) is 0 Å². The number of fused-ring (bicyclic) bond motifs is 9. The molecular weight excluding hydrogens is 689 g/mol. The van der Waals surface area contributed by atoms with Gasteiger partial charge in [0.15, 0.2) is 17.5 Å². The van der Waals surface area contributed by atoms with E-state index in [1.807, 2.05) is 36.4 Å². The Morgan fingerprint density at radius 1 is 0.625 bits per heavy atom. The third-order valence-electron chi connectivity index (χ3n) is 12.9. The Balaban J connectivity index is 1.05. The van der Waals surface area contributed by atoms with E-state index < -0.39 is 0 Å². The summed E-state index contributed by atoms with van der Waals surface area (Å²) in [6.45, 7) is 1.41. The highest BCUT2D eigenvalue weighted by molar-refractivity contribution is 6.12. The maximum atomic E-state index is 6.46. The van der Waals surface area contributed by atoms with Crippen LogP contribution in [0.4, 0.5) is 11.4 Å². The van der Waals surface area contributed by atoms with Crippen LogP contribution in [0.5, 0.6) is 0 Å². The molecular formula is C49H36N6O. The first-order valence-electron chi connectivity index (χ1n) is 19.8. The molecule has 3 aliphatic heterocycles. The summed E-state index contributed by atoms with van der Waals surface area (Å²) in [5.74, 6) is 2.13. The lowest BCUT2D eigenvalue weighted by Crippen LogP contribution is -2.34. The number of anilines is 2. The van der Waals surface area contributed by atoms with Crippen LogP contribution in [0.2, 0.25) is 0 Å². The number of para-hydroxylation sites is 1. The van der Waals surface area contributed by atoms with Gasteiger partial charge in [-0.3, -0.25) is 0 Å². The third kappa shape index (κ3) is 4.13. The van der Waals surface area contributed by atoms with Gasteiger partial charge >= 0.3 is 0 Å². The Morgan fingerprint density at radius 3 is 2.11 bits per heavy atom.